The molecule has 4 aromatic rings. The molecular formula is C30H25N3O4. The molecule has 4 aromatic carbocycles. The second-order valence-corrected chi connectivity index (χ2v) is 8.69. The molecule has 184 valence electrons. The zero-order valence-electron chi connectivity index (χ0n) is 20.4. The van der Waals surface area contributed by atoms with Crippen molar-refractivity contribution >= 4 is 22.4 Å². The number of hydrogen-bond donors (Lipinski definition) is 2. The van der Waals surface area contributed by atoms with Gasteiger partial charge in [0, 0.05) is 16.6 Å². The summed E-state index contributed by atoms with van der Waals surface area (Å²) >= 11 is 0. The van der Waals surface area contributed by atoms with E-state index < -0.39 is 5.92 Å². The summed E-state index contributed by atoms with van der Waals surface area (Å²) in [7, 11) is 1.53. The van der Waals surface area contributed by atoms with Gasteiger partial charge in [-0.3, -0.25) is 4.79 Å². The first-order valence-electron chi connectivity index (χ1n) is 11.8. The van der Waals surface area contributed by atoms with E-state index in [2.05, 4.69) is 11.4 Å². The molecule has 3 N–H and O–H groups in total. The number of methoxy groups -OCH3 is 1. The van der Waals surface area contributed by atoms with Crippen molar-refractivity contribution in [2.24, 2.45) is 5.73 Å². The quantitative estimate of drug-likeness (QED) is 0.374. The van der Waals surface area contributed by atoms with Crippen LogP contribution in [0.3, 0.4) is 0 Å². The number of anilines is 1. The summed E-state index contributed by atoms with van der Waals surface area (Å²) in [6, 6.07) is 26.9. The van der Waals surface area contributed by atoms with Crippen LogP contribution < -0.4 is 25.3 Å². The Hall–Kier alpha value is -4.96. The first kappa shape index (κ1) is 23.8. The minimum atomic E-state index is -0.453. The van der Waals surface area contributed by atoms with Crippen molar-refractivity contribution in [2.45, 2.75) is 12.8 Å². The summed E-state index contributed by atoms with van der Waals surface area (Å²) in [5.41, 5.74) is 9.84. The molecule has 7 nitrogen and oxygen atoms in total. The summed E-state index contributed by atoms with van der Waals surface area (Å²) in [4.78, 5) is 12.5. The fourth-order valence-electron chi connectivity index (χ4n) is 4.56. The molecule has 37 heavy (non-hydrogen) atoms. The predicted molar refractivity (Wildman–Crippen MR) is 142 cm³/mol. The molecule has 5 rings (SSSR count). The zero-order chi connectivity index (χ0) is 25.9. The predicted octanol–water partition coefficient (Wildman–Crippen LogP) is 5.39. The van der Waals surface area contributed by atoms with Crippen LogP contribution in [0.5, 0.6) is 17.2 Å². The van der Waals surface area contributed by atoms with Gasteiger partial charge in [0.05, 0.1) is 13.0 Å². The second kappa shape index (κ2) is 9.96. The standard InChI is InChI=1S/C30H25N3O4/c1-18-7-3-6-10-24(18)33-27(34)17-36-25-14-12-20(15-26(25)35-2)28-22-13-11-19-8-4-5-9-21(19)29(22)37-30(32)23(28)16-31/h3-15,28H,17,32H2,1-2H3,(H,33,34)/t28-/m1/s1. The van der Waals surface area contributed by atoms with E-state index in [1.54, 1.807) is 12.1 Å². The van der Waals surface area contributed by atoms with E-state index in [9.17, 15) is 10.1 Å². The summed E-state index contributed by atoms with van der Waals surface area (Å²) in [6.45, 7) is 1.73. The number of fused-ring (bicyclic) bond motifs is 3. The van der Waals surface area contributed by atoms with Gasteiger partial charge in [-0.05, 0) is 41.6 Å². The molecule has 0 spiro atoms. The summed E-state index contributed by atoms with van der Waals surface area (Å²) in [6.07, 6.45) is 0. The van der Waals surface area contributed by atoms with Gasteiger partial charge < -0.3 is 25.3 Å². The van der Waals surface area contributed by atoms with E-state index in [-0.39, 0.29) is 18.4 Å². The number of nitrogens with one attached hydrogen (secondary N) is 1. The SMILES string of the molecule is COc1cc([C@H]2C(C#N)=C(N)Oc3c2ccc2ccccc32)ccc1OCC(=O)Nc1ccccc1C. The molecule has 1 atom stereocenters. The maximum Gasteiger partial charge on any atom is 0.262 e. The number of hydrogen-bond acceptors (Lipinski definition) is 6. The van der Waals surface area contributed by atoms with E-state index in [1.165, 1.54) is 7.11 Å². The average Bonchev–Trinajstić information content (AvgIpc) is 2.92. The highest BCUT2D eigenvalue weighted by atomic mass is 16.5. The minimum Gasteiger partial charge on any atom is -0.493 e. The number of benzene rings is 4. The van der Waals surface area contributed by atoms with Crippen molar-refractivity contribution in [3.63, 3.8) is 0 Å². The number of allylic oxidation sites excluding steroid dienone is 1. The number of rotatable bonds is 6. The molecule has 0 aliphatic carbocycles. The van der Waals surface area contributed by atoms with Crippen LogP contribution >= 0.6 is 0 Å². The maximum atomic E-state index is 12.5. The van der Waals surface area contributed by atoms with Gasteiger partial charge in [0.2, 0.25) is 5.88 Å². The number of nitrogens with zero attached hydrogens (tertiary/aromatic N) is 1. The van der Waals surface area contributed by atoms with Gasteiger partial charge in [-0.1, -0.05) is 60.7 Å². The van der Waals surface area contributed by atoms with Crippen LogP contribution in [-0.4, -0.2) is 19.6 Å². The largest absolute Gasteiger partial charge is 0.493 e. The van der Waals surface area contributed by atoms with Crippen molar-refractivity contribution in [1.82, 2.24) is 0 Å². The van der Waals surface area contributed by atoms with Crippen LogP contribution in [0.25, 0.3) is 10.8 Å². The third kappa shape index (κ3) is 4.53. The molecule has 0 saturated heterocycles. The number of carbonyl (C=O) groups excluding carboxylic acids is 1. The maximum absolute atomic E-state index is 12.5. The van der Waals surface area contributed by atoms with Gasteiger partial charge in [0.1, 0.15) is 17.4 Å². The molecule has 0 unspecified atom stereocenters. The first-order chi connectivity index (χ1) is 18.0. The topological polar surface area (TPSA) is 107 Å². The lowest BCUT2D eigenvalue weighted by Crippen LogP contribution is -2.22. The molecular weight excluding hydrogens is 466 g/mol. The molecule has 1 heterocycles. The number of para-hydroxylation sites is 1. The van der Waals surface area contributed by atoms with Crippen molar-refractivity contribution in [3.8, 4) is 23.3 Å². The Morgan fingerprint density at radius 1 is 1.05 bits per heavy atom. The number of nitriles is 1. The van der Waals surface area contributed by atoms with Gasteiger partial charge in [-0.15, -0.1) is 0 Å². The third-order valence-corrected chi connectivity index (χ3v) is 6.41. The van der Waals surface area contributed by atoms with Crippen molar-refractivity contribution in [3.05, 3.63) is 107 Å². The summed E-state index contributed by atoms with van der Waals surface area (Å²) in [5.74, 6) is 0.812. The zero-order valence-corrected chi connectivity index (χ0v) is 20.4. The van der Waals surface area contributed by atoms with E-state index >= 15 is 0 Å². The first-order valence-corrected chi connectivity index (χ1v) is 11.8. The highest BCUT2D eigenvalue weighted by molar-refractivity contribution is 5.93. The van der Waals surface area contributed by atoms with Crippen LogP contribution in [0.1, 0.15) is 22.6 Å². The second-order valence-electron chi connectivity index (χ2n) is 8.69. The number of nitrogens with two attached hydrogens (primary N) is 1. The number of aryl methyl sites for hydroxylation is 1. The smallest absolute Gasteiger partial charge is 0.262 e. The van der Waals surface area contributed by atoms with Gasteiger partial charge in [-0.2, -0.15) is 5.26 Å². The Morgan fingerprint density at radius 3 is 2.62 bits per heavy atom. The van der Waals surface area contributed by atoms with E-state index in [0.717, 1.165) is 33.2 Å². The van der Waals surface area contributed by atoms with Crippen LogP contribution in [0.2, 0.25) is 0 Å². The van der Waals surface area contributed by atoms with Crippen LogP contribution in [0.15, 0.2) is 90.3 Å². The monoisotopic (exact) mass is 491 g/mol. The van der Waals surface area contributed by atoms with Gasteiger partial charge in [-0.25, -0.2) is 0 Å². The Kier molecular flexibility index (Phi) is 6.40. The molecule has 0 saturated carbocycles. The lowest BCUT2D eigenvalue weighted by atomic mass is 9.82. The molecule has 0 radical (unpaired) electrons. The van der Waals surface area contributed by atoms with Crippen LogP contribution in [0.4, 0.5) is 5.69 Å². The van der Waals surface area contributed by atoms with E-state index in [1.807, 2.05) is 73.7 Å². The van der Waals surface area contributed by atoms with Crippen molar-refractivity contribution in [1.29, 1.82) is 5.26 Å². The van der Waals surface area contributed by atoms with Crippen molar-refractivity contribution in [2.75, 3.05) is 19.0 Å². The fraction of sp³-hybridized carbons (Fsp3) is 0.133. The van der Waals surface area contributed by atoms with Gasteiger partial charge in [0.15, 0.2) is 18.1 Å². The Bertz CT molecular complexity index is 1590. The Labute approximate surface area is 214 Å². The fourth-order valence-corrected chi connectivity index (χ4v) is 4.56. The molecule has 0 aromatic heterocycles. The highest BCUT2D eigenvalue weighted by Gasteiger charge is 2.32. The summed E-state index contributed by atoms with van der Waals surface area (Å²) in [5, 5.41) is 14.7. The normalized spacial score (nSPS) is 14.4. The average molecular weight is 492 g/mol. The van der Waals surface area contributed by atoms with Crippen LogP contribution in [0, 0.1) is 18.3 Å². The third-order valence-electron chi connectivity index (χ3n) is 6.41. The molecule has 7 heteroatoms. The number of amides is 1. The van der Waals surface area contributed by atoms with Gasteiger partial charge in [0.25, 0.3) is 5.91 Å². The van der Waals surface area contributed by atoms with Crippen molar-refractivity contribution < 1.29 is 19.0 Å². The molecule has 1 aliphatic rings. The summed E-state index contributed by atoms with van der Waals surface area (Å²) < 4.78 is 17.3. The minimum absolute atomic E-state index is 0.0727. The Balaban J connectivity index is 1.45. The highest BCUT2D eigenvalue weighted by Crippen LogP contribution is 2.46. The Morgan fingerprint density at radius 2 is 1.84 bits per heavy atom. The number of carbonyl (C=O) groups is 1. The molecule has 0 bridgehead atoms. The van der Waals surface area contributed by atoms with E-state index in [0.29, 0.717) is 22.8 Å². The lowest BCUT2D eigenvalue weighted by molar-refractivity contribution is -0.118. The van der Waals surface area contributed by atoms with Gasteiger partial charge >= 0.3 is 0 Å². The van der Waals surface area contributed by atoms with E-state index in [4.69, 9.17) is 19.9 Å². The molecule has 1 amide bonds. The molecule has 0 fully saturated rings. The molecule has 1 aliphatic heterocycles. The lowest BCUT2D eigenvalue weighted by Gasteiger charge is -2.28. The van der Waals surface area contributed by atoms with Crippen LogP contribution in [-0.2, 0) is 4.79 Å². The number of ether oxygens (including phenoxy) is 3.